The van der Waals surface area contributed by atoms with E-state index in [9.17, 15) is 4.79 Å². The molecule has 1 amide bonds. The van der Waals surface area contributed by atoms with Gasteiger partial charge >= 0.3 is 0 Å². The van der Waals surface area contributed by atoms with Crippen LogP contribution in [0.5, 0.6) is 0 Å². The summed E-state index contributed by atoms with van der Waals surface area (Å²) >= 11 is 0. The highest BCUT2D eigenvalue weighted by atomic mass is 35.5. The monoisotopic (exact) mass is 415 g/mol. The van der Waals surface area contributed by atoms with Crippen molar-refractivity contribution >= 4 is 24.1 Å². The van der Waals surface area contributed by atoms with Crippen molar-refractivity contribution in [1.29, 1.82) is 0 Å². The van der Waals surface area contributed by atoms with Crippen molar-refractivity contribution in [2.75, 3.05) is 18.4 Å². The first kappa shape index (κ1) is 21.0. The van der Waals surface area contributed by atoms with Gasteiger partial charge in [0.2, 0.25) is 0 Å². The molecule has 3 aromatic rings. The third-order valence-corrected chi connectivity index (χ3v) is 5.12. The normalized spacial score (nSPS) is 14.4. The quantitative estimate of drug-likeness (QED) is 0.668. The summed E-state index contributed by atoms with van der Waals surface area (Å²) < 4.78 is 3.69. The van der Waals surface area contributed by atoms with E-state index in [0.717, 1.165) is 42.9 Å². The third-order valence-electron chi connectivity index (χ3n) is 5.12. The van der Waals surface area contributed by atoms with Gasteiger partial charge in [-0.1, -0.05) is 35.5 Å². The maximum atomic E-state index is 12.9. The smallest absolute Gasteiger partial charge is 0.279 e. The van der Waals surface area contributed by atoms with Crippen LogP contribution in [0.1, 0.15) is 46.3 Å². The van der Waals surface area contributed by atoms with E-state index in [-0.39, 0.29) is 18.3 Å². The number of carbonyl (C=O) groups excluding carboxylic acids is 1. The molecule has 0 spiro atoms. The Balaban J connectivity index is 0.00000240. The Labute approximate surface area is 176 Å². The molecular formula is C20H26ClN7O. The van der Waals surface area contributed by atoms with Crippen LogP contribution in [0.25, 0.3) is 0 Å². The minimum atomic E-state index is -0.258. The van der Waals surface area contributed by atoms with E-state index in [4.69, 9.17) is 0 Å². The van der Waals surface area contributed by atoms with Crippen molar-refractivity contribution in [3.05, 3.63) is 59.0 Å². The second kappa shape index (κ2) is 9.19. The summed E-state index contributed by atoms with van der Waals surface area (Å²) in [5.74, 6) is 0.397. The Morgan fingerprint density at radius 3 is 2.66 bits per heavy atom. The molecule has 0 unspecified atom stereocenters. The van der Waals surface area contributed by atoms with Crippen LogP contribution >= 0.6 is 12.4 Å². The van der Waals surface area contributed by atoms with Crippen LogP contribution < -0.4 is 10.6 Å². The average Bonchev–Trinajstić information content (AvgIpc) is 3.25. The van der Waals surface area contributed by atoms with Crippen molar-refractivity contribution in [2.24, 2.45) is 0 Å². The van der Waals surface area contributed by atoms with Gasteiger partial charge in [0.15, 0.2) is 5.69 Å². The Hall–Kier alpha value is -2.71. The average molecular weight is 416 g/mol. The summed E-state index contributed by atoms with van der Waals surface area (Å²) in [6, 6.07) is 12.2. The van der Waals surface area contributed by atoms with Crippen molar-refractivity contribution in [1.82, 2.24) is 30.1 Å². The van der Waals surface area contributed by atoms with Crippen LogP contribution in [0, 0.1) is 13.8 Å². The number of carbonyl (C=O) groups is 1. The van der Waals surface area contributed by atoms with E-state index in [0.29, 0.717) is 24.1 Å². The third kappa shape index (κ3) is 4.65. The highest BCUT2D eigenvalue weighted by Crippen LogP contribution is 2.21. The number of rotatable bonds is 5. The number of aryl methyl sites for hydroxylation is 1. The number of piperidine rings is 1. The molecule has 1 aliphatic rings. The molecule has 1 aliphatic heterocycles. The molecule has 2 aromatic heterocycles. The molecule has 154 valence electrons. The summed E-state index contributed by atoms with van der Waals surface area (Å²) in [5.41, 5.74) is 3.13. The molecule has 29 heavy (non-hydrogen) atoms. The van der Waals surface area contributed by atoms with E-state index in [2.05, 4.69) is 26.0 Å². The molecule has 2 N–H and O–H groups in total. The van der Waals surface area contributed by atoms with Crippen molar-refractivity contribution < 1.29 is 4.79 Å². The van der Waals surface area contributed by atoms with E-state index in [1.54, 1.807) is 4.68 Å². The first-order valence-corrected chi connectivity index (χ1v) is 9.64. The molecule has 1 fully saturated rings. The van der Waals surface area contributed by atoms with E-state index < -0.39 is 0 Å². The Morgan fingerprint density at radius 2 is 1.93 bits per heavy atom. The van der Waals surface area contributed by atoms with Crippen LogP contribution in [0.2, 0.25) is 0 Å². The highest BCUT2D eigenvalue weighted by Gasteiger charge is 2.23. The Kier molecular flexibility index (Phi) is 6.66. The molecule has 1 saturated heterocycles. The Morgan fingerprint density at radius 1 is 1.21 bits per heavy atom. The fourth-order valence-electron chi connectivity index (χ4n) is 3.65. The van der Waals surface area contributed by atoms with Gasteiger partial charge in [-0.2, -0.15) is 5.10 Å². The van der Waals surface area contributed by atoms with Gasteiger partial charge in [0, 0.05) is 6.07 Å². The molecular weight excluding hydrogens is 390 g/mol. The molecule has 0 saturated carbocycles. The number of nitrogens with one attached hydrogen (secondary N) is 2. The molecule has 4 rings (SSSR count). The number of amides is 1. The van der Waals surface area contributed by atoms with E-state index in [1.165, 1.54) is 0 Å². The van der Waals surface area contributed by atoms with Crippen LogP contribution in [-0.2, 0) is 6.54 Å². The molecule has 0 bridgehead atoms. The predicted molar refractivity (Wildman–Crippen MR) is 114 cm³/mol. The molecule has 0 radical (unpaired) electrons. The summed E-state index contributed by atoms with van der Waals surface area (Å²) in [5, 5.41) is 19.2. The zero-order chi connectivity index (χ0) is 19.5. The highest BCUT2D eigenvalue weighted by molar-refractivity contribution is 6.03. The SMILES string of the molecule is Cc1cc(NC(=O)c2nnn(C3CCNCC3)c2C)n(Cc2ccccc2)n1.Cl. The molecule has 8 nitrogen and oxygen atoms in total. The van der Waals surface area contributed by atoms with E-state index in [1.807, 2.05) is 54.9 Å². The van der Waals surface area contributed by atoms with Gasteiger partial charge in [0.1, 0.15) is 5.82 Å². The van der Waals surface area contributed by atoms with Crippen molar-refractivity contribution in [3.63, 3.8) is 0 Å². The summed E-state index contributed by atoms with van der Waals surface area (Å²) in [7, 11) is 0. The van der Waals surface area contributed by atoms with Gasteiger partial charge < -0.3 is 10.6 Å². The summed E-state index contributed by atoms with van der Waals surface area (Å²) in [4.78, 5) is 12.9. The number of nitrogens with zero attached hydrogens (tertiary/aromatic N) is 5. The zero-order valence-corrected chi connectivity index (χ0v) is 17.4. The van der Waals surface area contributed by atoms with Crippen molar-refractivity contribution in [2.45, 2.75) is 39.3 Å². The van der Waals surface area contributed by atoms with Crippen LogP contribution in [0.15, 0.2) is 36.4 Å². The lowest BCUT2D eigenvalue weighted by Gasteiger charge is -2.23. The maximum absolute atomic E-state index is 12.9. The first-order chi connectivity index (χ1) is 13.6. The lowest BCUT2D eigenvalue weighted by molar-refractivity contribution is 0.102. The predicted octanol–water partition coefficient (Wildman–Crippen LogP) is 2.74. The number of benzene rings is 1. The summed E-state index contributed by atoms with van der Waals surface area (Å²) in [6.45, 7) is 6.33. The molecule has 0 aliphatic carbocycles. The molecule has 1 aromatic carbocycles. The second-order valence-corrected chi connectivity index (χ2v) is 7.22. The fourth-order valence-corrected chi connectivity index (χ4v) is 3.65. The van der Waals surface area contributed by atoms with Gasteiger partial charge in [-0.3, -0.25) is 4.79 Å². The van der Waals surface area contributed by atoms with Crippen LogP contribution in [0.3, 0.4) is 0 Å². The first-order valence-electron chi connectivity index (χ1n) is 9.64. The van der Waals surface area contributed by atoms with Crippen LogP contribution in [-0.4, -0.2) is 43.8 Å². The standard InChI is InChI=1S/C20H25N7O.ClH/c1-14-12-18(26(24-14)13-16-6-4-3-5-7-16)22-20(28)19-15(2)27(25-23-19)17-8-10-21-11-9-17;/h3-7,12,17,21H,8-11,13H2,1-2H3,(H,22,28);1H. The number of hydrogen-bond acceptors (Lipinski definition) is 5. The molecule has 0 atom stereocenters. The van der Waals surface area contributed by atoms with E-state index >= 15 is 0 Å². The lowest BCUT2D eigenvalue weighted by Crippen LogP contribution is -2.30. The molecule has 9 heteroatoms. The number of anilines is 1. The number of hydrogen-bond donors (Lipinski definition) is 2. The lowest BCUT2D eigenvalue weighted by atomic mass is 10.1. The molecule has 3 heterocycles. The van der Waals surface area contributed by atoms with Gasteiger partial charge in [-0.25, -0.2) is 9.36 Å². The van der Waals surface area contributed by atoms with Gasteiger partial charge in [-0.05, 0) is 45.3 Å². The van der Waals surface area contributed by atoms with Crippen LogP contribution in [0.4, 0.5) is 5.82 Å². The van der Waals surface area contributed by atoms with Gasteiger partial charge in [-0.15, -0.1) is 17.5 Å². The summed E-state index contributed by atoms with van der Waals surface area (Å²) in [6.07, 6.45) is 1.99. The largest absolute Gasteiger partial charge is 0.317 e. The van der Waals surface area contributed by atoms with Gasteiger partial charge in [0.05, 0.1) is 24.0 Å². The van der Waals surface area contributed by atoms with Crippen molar-refractivity contribution in [3.8, 4) is 0 Å². The minimum Gasteiger partial charge on any atom is -0.317 e. The minimum absolute atomic E-state index is 0. The zero-order valence-electron chi connectivity index (χ0n) is 16.6. The van der Waals surface area contributed by atoms with Gasteiger partial charge in [0.25, 0.3) is 5.91 Å². The topological polar surface area (TPSA) is 89.7 Å². The Bertz CT molecular complexity index is 961. The fraction of sp³-hybridized carbons (Fsp3) is 0.400. The number of aromatic nitrogens is 5. The maximum Gasteiger partial charge on any atom is 0.279 e. The second-order valence-electron chi connectivity index (χ2n) is 7.22. The number of halogens is 1.